The maximum atomic E-state index is 11.9. The monoisotopic (exact) mass is 315 g/mol. The summed E-state index contributed by atoms with van der Waals surface area (Å²) in [6.45, 7) is 0.612. The van der Waals surface area contributed by atoms with Gasteiger partial charge in [-0.15, -0.1) is 0 Å². The lowest BCUT2D eigenvalue weighted by atomic mass is 10.2. The number of furan rings is 1. The average Bonchev–Trinajstić information content (AvgIpc) is 3.07. The third-order valence-electron chi connectivity index (χ3n) is 3.45. The van der Waals surface area contributed by atoms with Crippen LogP contribution in [0.15, 0.2) is 53.1 Å². The normalized spacial score (nSPS) is 12.0. The van der Waals surface area contributed by atoms with E-state index >= 15 is 0 Å². The molecule has 0 saturated carbocycles. The Balaban J connectivity index is 1.82. The molecule has 2 amide bonds. The van der Waals surface area contributed by atoms with Gasteiger partial charge in [-0.3, -0.25) is 14.5 Å². The molecule has 1 aromatic heterocycles. The summed E-state index contributed by atoms with van der Waals surface area (Å²) in [6, 6.07) is 12.9. The van der Waals surface area contributed by atoms with Crippen molar-refractivity contribution in [3.05, 3.63) is 60.1 Å². The van der Waals surface area contributed by atoms with E-state index in [-0.39, 0.29) is 12.6 Å². The first-order valence-electron chi connectivity index (χ1n) is 7.37. The zero-order valence-corrected chi connectivity index (χ0v) is 13.3. The lowest BCUT2D eigenvalue weighted by Crippen LogP contribution is -2.42. The van der Waals surface area contributed by atoms with Gasteiger partial charge in [-0.25, -0.2) is 0 Å². The number of rotatable bonds is 6. The average molecular weight is 315 g/mol. The van der Waals surface area contributed by atoms with Gasteiger partial charge in [-0.2, -0.15) is 0 Å². The van der Waals surface area contributed by atoms with Gasteiger partial charge in [0.25, 0.3) is 0 Å². The van der Waals surface area contributed by atoms with Crippen LogP contribution in [-0.4, -0.2) is 37.4 Å². The van der Waals surface area contributed by atoms with Crippen LogP contribution in [0.4, 0.5) is 0 Å². The summed E-state index contributed by atoms with van der Waals surface area (Å²) in [5.74, 6) is -0.565. The number of amides is 2. The van der Waals surface area contributed by atoms with Gasteiger partial charge in [0, 0.05) is 13.1 Å². The fourth-order valence-corrected chi connectivity index (χ4v) is 2.15. The van der Waals surface area contributed by atoms with Gasteiger partial charge in [0.1, 0.15) is 5.76 Å². The van der Waals surface area contributed by atoms with E-state index in [0.29, 0.717) is 6.54 Å². The Morgan fingerprint density at radius 1 is 1.04 bits per heavy atom. The standard InChI is InChI=1S/C17H21N3O3/c1-20(2)14(15-9-6-10-23-15)12-19-17(22)16(21)18-11-13-7-4-3-5-8-13/h3-10,14H,11-12H2,1-2H3,(H,18,21)(H,19,22). The fourth-order valence-electron chi connectivity index (χ4n) is 2.15. The molecule has 0 aliphatic rings. The Hall–Kier alpha value is -2.60. The molecule has 1 atom stereocenters. The largest absolute Gasteiger partial charge is 0.468 e. The Morgan fingerprint density at radius 2 is 1.74 bits per heavy atom. The number of benzene rings is 1. The summed E-state index contributed by atoms with van der Waals surface area (Å²) < 4.78 is 5.36. The molecule has 1 heterocycles. The molecule has 0 aliphatic carbocycles. The van der Waals surface area contributed by atoms with Crippen LogP contribution >= 0.6 is 0 Å². The molecule has 1 unspecified atom stereocenters. The molecule has 1 aromatic carbocycles. The summed E-state index contributed by atoms with van der Waals surface area (Å²) >= 11 is 0. The Labute approximate surface area is 135 Å². The van der Waals surface area contributed by atoms with Crippen molar-refractivity contribution in [3.63, 3.8) is 0 Å². The third-order valence-corrected chi connectivity index (χ3v) is 3.45. The smallest absolute Gasteiger partial charge is 0.309 e. The van der Waals surface area contributed by atoms with Crippen molar-refractivity contribution < 1.29 is 14.0 Å². The van der Waals surface area contributed by atoms with E-state index in [2.05, 4.69) is 10.6 Å². The molecule has 0 spiro atoms. The quantitative estimate of drug-likeness (QED) is 0.788. The van der Waals surface area contributed by atoms with E-state index in [4.69, 9.17) is 4.42 Å². The van der Waals surface area contributed by atoms with Gasteiger partial charge >= 0.3 is 11.8 Å². The van der Waals surface area contributed by atoms with Crippen LogP contribution in [0.2, 0.25) is 0 Å². The maximum absolute atomic E-state index is 11.9. The molecule has 6 nitrogen and oxygen atoms in total. The van der Waals surface area contributed by atoms with Gasteiger partial charge in [0.15, 0.2) is 0 Å². The number of likely N-dealkylation sites (N-methyl/N-ethyl adjacent to an activating group) is 1. The second kappa shape index (κ2) is 8.14. The molecular weight excluding hydrogens is 294 g/mol. The molecule has 0 radical (unpaired) electrons. The van der Waals surface area contributed by atoms with E-state index in [0.717, 1.165) is 11.3 Å². The molecule has 0 aliphatic heterocycles. The maximum Gasteiger partial charge on any atom is 0.309 e. The van der Waals surface area contributed by atoms with Crippen molar-refractivity contribution in [2.75, 3.05) is 20.6 Å². The lowest BCUT2D eigenvalue weighted by molar-refractivity contribution is -0.139. The lowest BCUT2D eigenvalue weighted by Gasteiger charge is -2.22. The zero-order valence-electron chi connectivity index (χ0n) is 13.3. The highest BCUT2D eigenvalue weighted by molar-refractivity contribution is 6.35. The predicted molar refractivity (Wildman–Crippen MR) is 86.4 cm³/mol. The van der Waals surface area contributed by atoms with Crippen molar-refractivity contribution in [1.82, 2.24) is 15.5 Å². The van der Waals surface area contributed by atoms with E-state index in [1.54, 1.807) is 12.3 Å². The molecule has 2 N–H and O–H groups in total. The van der Waals surface area contributed by atoms with Crippen molar-refractivity contribution in [3.8, 4) is 0 Å². The summed E-state index contributed by atoms with van der Waals surface area (Å²) in [5.41, 5.74) is 0.940. The fraction of sp³-hybridized carbons (Fsp3) is 0.294. The molecule has 0 bridgehead atoms. The van der Waals surface area contributed by atoms with E-state index in [9.17, 15) is 9.59 Å². The Morgan fingerprint density at radius 3 is 2.35 bits per heavy atom. The first kappa shape index (κ1) is 16.8. The minimum atomic E-state index is -0.653. The highest BCUT2D eigenvalue weighted by Crippen LogP contribution is 2.17. The van der Waals surface area contributed by atoms with Crippen LogP contribution in [0.1, 0.15) is 17.4 Å². The number of hydrogen-bond acceptors (Lipinski definition) is 4. The highest BCUT2D eigenvalue weighted by Gasteiger charge is 2.20. The zero-order chi connectivity index (χ0) is 16.7. The first-order chi connectivity index (χ1) is 11.1. The Bertz CT molecular complexity index is 624. The molecular formula is C17H21N3O3. The number of nitrogens with zero attached hydrogens (tertiary/aromatic N) is 1. The summed E-state index contributed by atoms with van der Waals surface area (Å²) in [5, 5.41) is 5.23. The summed E-state index contributed by atoms with van der Waals surface area (Å²) in [4.78, 5) is 25.6. The van der Waals surface area contributed by atoms with Crippen molar-refractivity contribution in [1.29, 1.82) is 0 Å². The minimum absolute atomic E-state index is 0.129. The second-order valence-corrected chi connectivity index (χ2v) is 5.37. The van der Waals surface area contributed by atoms with Crippen molar-refractivity contribution >= 4 is 11.8 Å². The molecule has 0 fully saturated rings. The van der Waals surface area contributed by atoms with E-state index in [1.807, 2.05) is 55.4 Å². The predicted octanol–water partition coefficient (Wildman–Crippen LogP) is 1.31. The van der Waals surface area contributed by atoms with Crippen LogP contribution < -0.4 is 10.6 Å². The molecule has 0 saturated heterocycles. The van der Waals surface area contributed by atoms with Crippen LogP contribution in [0.3, 0.4) is 0 Å². The number of hydrogen-bond donors (Lipinski definition) is 2. The topological polar surface area (TPSA) is 74.6 Å². The van der Waals surface area contributed by atoms with Crippen LogP contribution in [-0.2, 0) is 16.1 Å². The van der Waals surface area contributed by atoms with Crippen LogP contribution in [0.5, 0.6) is 0 Å². The third kappa shape index (κ3) is 4.96. The van der Waals surface area contributed by atoms with Gasteiger partial charge < -0.3 is 15.1 Å². The summed E-state index contributed by atoms with van der Waals surface area (Å²) in [6.07, 6.45) is 1.58. The number of carbonyl (C=O) groups is 2. The molecule has 2 rings (SSSR count). The summed E-state index contributed by atoms with van der Waals surface area (Å²) in [7, 11) is 3.77. The SMILES string of the molecule is CN(C)C(CNC(=O)C(=O)NCc1ccccc1)c1ccco1. The number of carbonyl (C=O) groups excluding carboxylic acids is 2. The van der Waals surface area contributed by atoms with Crippen LogP contribution in [0, 0.1) is 0 Å². The van der Waals surface area contributed by atoms with Gasteiger partial charge in [0.2, 0.25) is 0 Å². The van der Waals surface area contributed by atoms with Gasteiger partial charge in [0.05, 0.1) is 12.3 Å². The first-order valence-corrected chi connectivity index (χ1v) is 7.37. The van der Waals surface area contributed by atoms with E-state index < -0.39 is 11.8 Å². The number of nitrogens with one attached hydrogen (secondary N) is 2. The van der Waals surface area contributed by atoms with Gasteiger partial charge in [-0.05, 0) is 31.8 Å². The second-order valence-electron chi connectivity index (χ2n) is 5.37. The van der Waals surface area contributed by atoms with E-state index in [1.165, 1.54) is 0 Å². The highest BCUT2D eigenvalue weighted by atomic mass is 16.3. The molecule has 23 heavy (non-hydrogen) atoms. The Kier molecular flexibility index (Phi) is 5.94. The van der Waals surface area contributed by atoms with Crippen molar-refractivity contribution in [2.24, 2.45) is 0 Å². The van der Waals surface area contributed by atoms with Crippen molar-refractivity contribution in [2.45, 2.75) is 12.6 Å². The minimum Gasteiger partial charge on any atom is -0.468 e. The molecule has 122 valence electrons. The van der Waals surface area contributed by atoms with Crippen LogP contribution in [0.25, 0.3) is 0 Å². The molecule has 6 heteroatoms. The molecule has 2 aromatic rings. The van der Waals surface area contributed by atoms with Gasteiger partial charge in [-0.1, -0.05) is 30.3 Å².